The van der Waals surface area contributed by atoms with E-state index >= 15 is 0 Å². The SMILES string of the molecule is Cc1ccc2nsnc2c1NC(=S)NC(=O)c1ccc(F)cc1. The van der Waals surface area contributed by atoms with Crippen LogP contribution in [0.1, 0.15) is 15.9 Å². The monoisotopic (exact) mass is 346 g/mol. The number of aromatic nitrogens is 2. The Labute approximate surface area is 140 Å². The maximum atomic E-state index is 12.9. The lowest BCUT2D eigenvalue weighted by Crippen LogP contribution is -2.34. The van der Waals surface area contributed by atoms with Crippen LogP contribution in [0, 0.1) is 12.7 Å². The Hall–Kier alpha value is -2.45. The third-order valence-corrected chi connectivity index (χ3v) is 3.95. The number of aryl methyl sites for hydroxylation is 1. The van der Waals surface area contributed by atoms with Crippen molar-refractivity contribution in [2.75, 3.05) is 5.32 Å². The first-order valence-corrected chi connectivity index (χ1v) is 7.78. The molecule has 1 heterocycles. The van der Waals surface area contributed by atoms with Gasteiger partial charge in [0, 0.05) is 5.56 Å². The Kier molecular flexibility index (Phi) is 4.26. The van der Waals surface area contributed by atoms with E-state index in [0.29, 0.717) is 16.8 Å². The molecule has 0 saturated carbocycles. The molecule has 116 valence electrons. The number of carbonyl (C=O) groups excluding carboxylic acids is 1. The predicted octanol–water partition coefficient (Wildman–Crippen LogP) is 3.27. The van der Waals surface area contributed by atoms with Crippen molar-refractivity contribution >= 4 is 51.7 Å². The van der Waals surface area contributed by atoms with Crippen molar-refractivity contribution in [2.24, 2.45) is 0 Å². The van der Waals surface area contributed by atoms with Crippen LogP contribution >= 0.6 is 23.9 Å². The third-order valence-electron chi connectivity index (χ3n) is 3.21. The normalized spacial score (nSPS) is 10.5. The summed E-state index contributed by atoms with van der Waals surface area (Å²) in [7, 11) is 0. The van der Waals surface area contributed by atoms with Crippen molar-refractivity contribution in [3.63, 3.8) is 0 Å². The molecule has 0 aliphatic heterocycles. The Bertz CT molecular complexity index is 892. The number of hydrogen-bond acceptors (Lipinski definition) is 5. The Morgan fingerprint density at radius 1 is 1.17 bits per heavy atom. The van der Waals surface area contributed by atoms with Gasteiger partial charge in [0.1, 0.15) is 16.9 Å². The van der Waals surface area contributed by atoms with E-state index in [9.17, 15) is 9.18 Å². The molecule has 3 rings (SSSR count). The first-order chi connectivity index (χ1) is 11.0. The van der Waals surface area contributed by atoms with E-state index in [0.717, 1.165) is 22.8 Å². The number of benzene rings is 2. The summed E-state index contributed by atoms with van der Waals surface area (Å²) in [6, 6.07) is 9.00. The van der Waals surface area contributed by atoms with Crippen LogP contribution in [0.25, 0.3) is 11.0 Å². The summed E-state index contributed by atoms with van der Waals surface area (Å²) in [5.41, 5.74) is 3.43. The number of hydrogen-bond donors (Lipinski definition) is 2. The maximum Gasteiger partial charge on any atom is 0.257 e. The number of nitrogens with zero attached hydrogens (tertiary/aromatic N) is 2. The van der Waals surface area contributed by atoms with Gasteiger partial charge in [-0.25, -0.2) is 4.39 Å². The van der Waals surface area contributed by atoms with Crippen molar-refractivity contribution in [3.8, 4) is 0 Å². The number of nitrogens with one attached hydrogen (secondary N) is 2. The fraction of sp³-hybridized carbons (Fsp3) is 0.0667. The second-order valence-electron chi connectivity index (χ2n) is 4.80. The molecule has 2 N–H and O–H groups in total. The molecular formula is C15H11FN4OS2. The molecule has 23 heavy (non-hydrogen) atoms. The van der Waals surface area contributed by atoms with Gasteiger partial charge in [-0.1, -0.05) is 6.07 Å². The van der Waals surface area contributed by atoms with Gasteiger partial charge in [-0.3, -0.25) is 10.1 Å². The Morgan fingerprint density at radius 3 is 2.65 bits per heavy atom. The third kappa shape index (κ3) is 3.33. The number of carbonyl (C=O) groups is 1. The minimum Gasteiger partial charge on any atom is -0.330 e. The zero-order valence-corrected chi connectivity index (χ0v) is 13.6. The molecule has 8 heteroatoms. The lowest BCUT2D eigenvalue weighted by atomic mass is 10.1. The first kappa shape index (κ1) is 15.4. The van der Waals surface area contributed by atoms with Gasteiger partial charge in [-0.2, -0.15) is 8.75 Å². The van der Waals surface area contributed by atoms with Gasteiger partial charge >= 0.3 is 0 Å². The molecule has 0 atom stereocenters. The molecule has 0 fully saturated rings. The van der Waals surface area contributed by atoms with Crippen LogP contribution < -0.4 is 10.6 Å². The molecule has 0 radical (unpaired) electrons. The maximum absolute atomic E-state index is 12.9. The van der Waals surface area contributed by atoms with E-state index < -0.39 is 11.7 Å². The molecule has 2 aromatic carbocycles. The van der Waals surface area contributed by atoms with Gasteiger partial charge in [0.05, 0.1) is 17.4 Å². The minimum atomic E-state index is -0.413. The van der Waals surface area contributed by atoms with Crippen LogP contribution in [-0.2, 0) is 0 Å². The van der Waals surface area contributed by atoms with Gasteiger partial charge in [0.25, 0.3) is 5.91 Å². The van der Waals surface area contributed by atoms with Crippen molar-refractivity contribution < 1.29 is 9.18 Å². The topological polar surface area (TPSA) is 66.9 Å². The molecule has 0 aliphatic carbocycles. The second kappa shape index (κ2) is 6.35. The minimum absolute atomic E-state index is 0.142. The molecule has 0 unspecified atom stereocenters. The fourth-order valence-electron chi connectivity index (χ4n) is 2.03. The smallest absolute Gasteiger partial charge is 0.257 e. The zero-order chi connectivity index (χ0) is 16.4. The molecule has 0 aliphatic rings. The van der Waals surface area contributed by atoms with E-state index in [1.165, 1.54) is 24.3 Å². The summed E-state index contributed by atoms with van der Waals surface area (Å²) in [5.74, 6) is -0.815. The lowest BCUT2D eigenvalue weighted by molar-refractivity contribution is 0.0977. The zero-order valence-electron chi connectivity index (χ0n) is 12.0. The van der Waals surface area contributed by atoms with Crippen LogP contribution in [0.4, 0.5) is 10.1 Å². The average Bonchev–Trinajstić information content (AvgIpc) is 2.99. The highest BCUT2D eigenvalue weighted by molar-refractivity contribution is 7.80. The predicted molar refractivity (Wildman–Crippen MR) is 92.2 cm³/mol. The number of amides is 1. The number of halogens is 1. The largest absolute Gasteiger partial charge is 0.330 e. The van der Waals surface area contributed by atoms with Gasteiger partial charge < -0.3 is 5.32 Å². The molecule has 3 aromatic rings. The molecule has 5 nitrogen and oxygen atoms in total. The van der Waals surface area contributed by atoms with Gasteiger partial charge in [0.15, 0.2) is 5.11 Å². The Balaban J connectivity index is 1.76. The highest BCUT2D eigenvalue weighted by Gasteiger charge is 2.12. The summed E-state index contributed by atoms with van der Waals surface area (Å²) in [5, 5.41) is 5.68. The van der Waals surface area contributed by atoms with Crippen LogP contribution in [-0.4, -0.2) is 19.8 Å². The molecule has 1 amide bonds. The number of fused-ring (bicyclic) bond motifs is 1. The molecule has 0 spiro atoms. The highest BCUT2D eigenvalue weighted by Crippen LogP contribution is 2.25. The van der Waals surface area contributed by atoms with Crippen LogP contribution in [0.2, 0.25) is 0 Å². The molecule has 1 aromatic heterocycles. The second-order valence-corrected chi connectivity index (χ2v) is 5.74. The van der Waals surface area contributed by atoms with E-state index in [1.54, 1.807) is 0 Å². The van der Waals surface area contributed by atoms with Crippen molar-refractivity contribution in [2.45, 2.75) is 6.92 Å². The van der Waals surface area contributed by atoms with Crippen molar-refractivity contribution in [1.82, 2.24) is 14.1 Å². The molecular weight excluding hydrogens is 335 g/mol. The summed E-state index contributed by atoms with van der Waals surface area (Å²) >= 11 is 6.28. The van der Waals surface area contributed by atoms with Crippen LogP contribution in [0.15, 0.2) is 36.4 Å². The number of anilines is 1. The summed E-state index contributed by atoms with van der Waals surface area (Å²) in [6.45, 7) is 1.91. The van der Waals surface area contributed by atoms with Gasteiger partial charge in [-0.15, -0.1) is 0 Å². The highest BCUT2D eigenvalue weighted by atomic mass is 32.1. The van der Waals surface area contributed by atoms with E-state index in [4.69, 9.17) is 12.2 Å². The van der Waals surface area contributed by atoms with Crippen LogP contribution in [0.3, 0.4) is 0 Å². The van der Waals surface area contributed by atoms with Crippen molar-refractivity contribution in [1.29, 1.82) is 0 Å². The van der Waals surface area contributed by atoms with Crippen LogP contribution in [0.5, 0.6) is 0 Å². The molecule has 0 bridgehead atoms. The van der Waals surface area contributed by atoms with E-state index in [-0.39, 0.29) is 5.11 Å². The summed E-state index contributed by atoms with van der Waals surface area (Å²) in [6.07, 6.45) is 0. The quantitative estimate of drug-likeness (QED) is 0.697. The first-order valence-electron chi connectivity index (χ1n) is 6.64. The van der Waals surface area contributed by atoms with Gasteiger partial charge in [0.2, 0.25) is 0 Å². The van der Waals surface area contributed by atoms with E-state index in [1.807, 2.05) is 19.1 Å². The van der Waals surface area contributed by atoms with Gasteiger partial charge in [-0.05, 0) is 55.0 Å². The summed E-state index contributed by atoms with van der Waals surface area (Å²) < 4.78 is 21.3. The fourth-order valence-corrected chi connectivity index (χ4v) is 2.77. The molecule has 0 saturated heterocycles. The number of rotatable bonds is 2. The Morgan fingerprint density at radius 2 is 1.91 bits per heavy atom. The lowest BCUT2D eigenvalue weighted by Gasteiger charge is -2.12. The standard InChI is InChI=1S/C15H11FN4OS2/c1-8-2-7-11-13(20-23-19-11)12(8)17-15(22)18-14(21)9-3-5-10(16)6-4-9/h2-7H,1H3,(H2,17,18,21,22). The van der Waals surface area contributed by atoms with Crippen molar-refractivity contribution in [3.05, 3.63) is 53.3 Å². The van der Waals surface area contributed by atoms with E-state index in [2.05, 4.69) is 19.4 Å². The average molecular weight is 346 g/mol. The number of thiocarbonyl (C=S) groups is 1. The summed E-state index contributed by atoms with van der Waals surface area (Å²) in [4.78, 5) is 12.1.